The molecular formula is C48H78N2. The summed E-state index contributed by atoms with van der Waals surface area (Å²) in [6.45, 7) is 0. The van der Waals surface area contributed by atoms with Gasteiger partial charge in [0.15, 0.2) is 0 Å². The highest BCUT2D eigenvalue weighted by Crippen LogP contribution is 2.62. The van der Waals surface area contributed by atoms with E-state index in [1.54, 1.807) is 154 Å². The standard InChI is InChI=1S/C48H78N2/c1-2-12-33(13-3-1)49-45-20-10-8-18-40(45)42-25-22-31(28-47(42)49)32-23-26-43-41-19-9-11-21-46(41)50(48(43)29-32)34-24-27-39-37-16-5-4-14-35(37)36-15-6-7-17-38(36)44(39)30-34/h31-48H,1-30H2. The van der Waals surface area contributed by atoms with Gasteiger partial charge >= 0.3 is 0 Å². The zero-order chi connectivity index (χ0) is 32.8. The lowest BCUT2D eigenvalue weighted by Crippen LogP contribution is -2.56. The van der Waals surface area contributed by atoms with Crippen LogP contribution in [0.25, 0.3) is 0 Å². The van der Waals surface area contributed by atoms with Crippen LogP contribution in [0.5, 0.6) is 0 Å². The summed E-state index contributed by atoms with van der Waals surface area (Å²) in [6.07, 6.45) is 47.3. The van der Waals surface area contributed by atoms with Crippen LogP contribution in [-0.2, 0) is 0 Å². The molecule has 0 aromatic rings. The molecule has 0 spiro atoms. The van der Waals surface area contributed by atoms with E-state index in [-0.39, 0.29) is 0 Å². The predicted octanol–water partition coefficient (Wildman–Crippen LogP) is 12.0. The third-order valence-electron chi connectivity index (χ3n) is 20.4. The summed E-state index contributed by atoms with van der Waals surface area (Å²) in [5.74, 6) is 13.1. The first-order chi connectivity index (χ1) is 24.8. The van der Waals surface area contributed by atoms with Gasteiger partial charge in [-0.3, -0.25) is 9.80 Å². The Kier molecular flexibility index (Phi) is 9.25. The Labute approximate surface area is 308 Å². The maximum absolute atomic E-state index is 3.45. The smallest absolute Gasteiger partial charge is 0.0135 e. The summed E-state index contributed by atoms with van der Waals surface area (Å²) in [5, 5.41) is 0. The number of hydrogen-bond acceptors (Lipinski definition) is 2. The second-order valence-electron chi connectivity index (χ2n) is 21.8. The normalized spacial score (nSPS) is 54.4. The minimum absolute atomic E-state index is 0.953. The van der Waals surface area contributed by atoms with Gasteiger partial charge in [0.25, 0.3) is 0 Å². The molecule has 2 heterocycles. The maximum Gasteiger partial charge on any atom is 0.0135 e. The van der Waals surface area contributed by atoms with Crippen molar-refractivity contribution in [3.8, 4) is 0 Å². The maximum atomic E-state index is 3.45. The molecule has 9 saturated carbocycles. The highest BCUT2D eigenvalue weighted by atomic mass is 15.3. The molecule has 0 amide bonds. The Hall–Kier alpha value is -0.0800. The second-order valence-corrected chi connectivity index (χ2v) is 21.8. The average Bonchev–Trinajstić information content (AvgIpc) is 3.70. The minimum atomic E-state index is 0.953. The molecule has 11 rings (SSSR count). The molecule has 11 fully saturated rings. The van der Waals surface area contributed by atoms with Crippen LogP contribution < -0.4 is 0 Å². The van der Waals surface area contributed by atoms with Crippen molar-refractivity contribution in [2.24, 2.45) is 71.0 Å². The van der Waals surface area contributed by atoms with Crippen molar-refractivity contribution < 1.29 is 0 Å². The number of fused-ring (bicyclic) bond motifs is 12. The van der Waals surface area contributed by atoms with Gasteiger partial charge in [-0.1, -0.05) is 70.6 Å². The van der Waals surface area contributed by atoms with E-state index in [0.29, 0.717) is 0 Å². The zero-order valence-electron chi connectivity index (χ0n) is 32.5. The summed E-state index contributed by atoms with van der Waals surface area (Å²) < 4.78 is 0. The minimum Gasteiger partial charge on any atom is -0.294 e. The lowest BCUT2D eigenvalue weighted by molar-refractivity contribution is -0.0992. The molecule has 2 saturated heterocycles. The monoisotopic (exact) mass is 683 g/mol. The fraction of sp³-hybridized carbons (Fsp3) is 1.00. The Morgan fingerprint density at radius 2 is 0.600 bits per heavy atom. The Morgan fingerprint density at radius 1 is 0.220 bits per heavy atom. The first-order valence-electron chi connectivity index (χ1n) is 24.4. The van der Waals surface area contributed by atoms with Crippen LogP contribution in [-0.4, -0.2) is 46.1 Å². The van der Waals surface area contributed by atoms with Crippen molar-refractivity contribution in [3.05, 3.63) is 0 Å². The van der Waals surface area contributed by atoms with Gasteiger partial charge < -0.3 is 0 Å². The molecule has 2 heteroatoms. The van der Waals surface area contributed by atoms with Gasteiger partial charge in [0.2, 0.25) is 0 Å². The third-order valence-corrected chi connectivity index (χ3v) is 20.4. The fourth-order valence-corrected chi connectivity index (χ4v) is 18.9. The SMILES string of the molecule is C1CCC(N2C3CCCCC3C3CCC(C4CCC5C6CCCCC6N(C6CCC7C8CCCCC8C8CCCCC8C7C6)C5C4)CC32)CC1. The van der Waals surface area contributed by atoms with E-state index >= 15 is 0 Å². The average molecular weight is 683 g/mol. The second kappa shape index (κ2) is 13.9. The van der Waals surface area contributed by atoms with Crippen LogP contribution in [0.1, 0.15) is 193 Å². The van der Waals surface area contributed by atoms with Crippen molar-refractivity contribution in [2.45, 2.75) is 229 Å². The van der Waals surface area contributed by atoms with E-state index in [4.69, 9.17) is 0 Å². The molecule has 280 valence electrons. The molecule has 11 aliphatic rings. The Bertz CT molecular complexity index is 1160. The first kappa shape index (κ1) is 33.3. The number of hydrogen-bond donors (Lipinski definition) is 0. The fourth-order valence-electron chi connectivity index (χ4n) is 18.9. The van der Waals surface area contributed by atoms with Crippen LogP contribution in [0.3, 0.4) is 0 Å². The van der Waals surface area contributed by atoms with Gasteiger partial charge in [-0.25, -0.2) is 0 Å². The van der Waals surface area contributed by atoms with Gasteiger partial charge in [-0.05, 0) is 193 Å². The van der Waals surface area contributed by atoms with Gasteiger partial charge in [0.05, 0.1) is 0 Å². The summed E-state index contributed by atoms with van der Waals surface area (Å²) in [4.78, 5) is 6.77. The predicted molar refractivity (Wildman–Crippen MR) is 207 cm³/mol. The van der Waals surface area contributed by atoms with Gasteiger partial charge in [-0.15, -0.1) is 0 Å². The Balaban J connectivity index is 0.838. The third kappa shape index (κ3) is 5.47. The van der Waals surface area contributed by atoms with Crippen molar-refractivity contribution in [3.63, 3.8) is 0 Å². The Morgan fingerprint density at radius 3 is 1.14 bits per heavy atom. The quantitative estimate of drug-likeness (QED) is 0.292. The van der Waals surface area contributed by atoms with Crippen molar-refractivity contribution in [2.75, 3.05) is 0 Å². The number of nitrogens with zero attached hydrogens (tertiary/aromatic N) is 2. The molecule has 17 unspecified atom stereocenters. The molecule has 2 aliphatic heterocycles. The molecule has 0 aromatic carbocycles. The van der Waals surface area contributed by atoms with E-state index in [0.717, 1.165) is 107 Å². The van der Waals surface area contributed by atoms with Gasteiger partial charge in [-0.2, -0.15) is 0 Å². The van der Waals surface area contributed by atoms with E-state index in [9.17, 15) is 0 Å². The largest absolute Gasteiger partial charge is 0.294 e. The van der Waals surface area contributed by atoms with Crippen LogP contribution in [0.15, 0.2) is 0 Å². The summed E-state index contributed by atoms with van der Waals surface area (Å²) in [7, 11) is 0. The van der Waals surface area contributed by atoms with Gasteiger partial charge in [0.1, 0.15) is 0 Å². The summed E-state index contributed by atoms with van der Waals surface area (Å²) >= 11 is 0. The number of likely N-dealkylation sites (tertiary alicyclic amines) is 2. The molecule has 9 aliphatic carbocycles. The molecule has 0 N–H and O–H groups in total. The topological polar surface area (TPSA) is 6.48 Å². The highest BCUT2D eigenvalue weighted by molar-refractivity contribution is 5.11. The van der Waals surface area contributed by atoms with E-state index < -0.39 is 0 Å². The van der Waals surface area contributed by atoms with Gasteiger partial charge in [0, 0.05) is 36.3 Å². The molecule has 0 aromatic heterocycles. The van der Waals surface area contributed by atoms with Crippen molar-refractivity contribution in [1.82, 2.24) is 9.80 Å². The molecule has 0 bridgehead atoms. The van der Waals surface area contributed by atoms with E-state index in [1.165, 1.54) is 38.5 Å². The summed E-state index contributed by atoms with van der Waals surface area (Å²) in [6, 6.07) is 5.80. The molecule has 0 radical (unpaired) electrons. The first-order valence-corrected chi connectivity index (χ1v) is 24.4. The van der Waals surface area contributed by atoms with Crippen LogP contribution >= 0.6 is 0 Å². The lowest BCUT2D eigenvalue weighted by atomic mass is 9.48. The number of rotatable bonds is 3. The van der Waals surface area contributed by atoms with Crippen LogP contribution in [0.4, 0.5) is 0 Å². The van der Waals surface area contributed by atoms with Crippen molar-refractivity contribution >= 4 is 0 Å². The van der Waals surface area contributed by atoms with Crippen molar-refractivity contribution in [1.29, 1.82) is 0 Å². The van der Waals surface area contributed by atoms with Crippen LogP contribution in [0, 0.1) is 71.0 Å². The van der Waals surface area contributed by atoms with E-state index in [2.05, 4.69) is 9.80 Å². The van der Waals surface area contributed by atoms with Crippen LogP contribution in [0.2, 0.25) is 0 Å². The molecular weight excluding hydrogens is 605 g/mol. The zero-order valence-corrected chi connectivity index (χ0v) is 32.5. The lowest BCUT2D eigenvalue weighted by Gasteiger charge is -2.59. The molecule has 50 heavy (non-hydrogen) atoms. The molecule has 17 atom stereocenters. The molecule has 2 nitrogen and oxygen atoms in total. The highest BCUT2D eigenvalue weighted by Gasteiger charge is 2.59. The van der Waals surface area contributed by atoms with E-state index in [1.807, 2.05) is 0 Å². The summed E-state index contributed by atoms with van der Waals surface area (Å²) in [5.41, 5.74) is 0.